The first-order chi connectivity index (χ1) is 9.02. The Morgan fingerprint density at radius 2 is 2.00 bits per heavy atom. The Kier molecular flexibility index (Phi) is 9.80. The molecule has 0 heterocycles. The summed E-state index contributed by atoms with van der Waals surface area (Å²) < 4.78 is 10.4. The lowest BCUT2D eigenvalue weighted by atomic mass is 9.98. The van der Waals surface area contributed by atoms with Crippen molar-refractivity contribution in [3.05, 3.63) is 0 Å². The Labute approximate surface area is 117 Å². The monoisotopic (exact) mass is 271 g/mol. The molecule has 5 nitrogen and oxygen atoms in total. The highest BCUT2D eigenvalue weighted by molar-refractivity contribution is 5.02. The molecule has 0 aromatic heterocycles. The molecule has 0 aromatic carbocycles. The fourth-order valence-electron chi connectivity index (χ4n) is 1.98. The van der Waals surface area contributed by atoms with Gasteiger partial charge in [-0.3, -0.25) is 4.90 Å². The fourth-order valence-corrected chi connectivity index (χ4v) is 1.98. The molecule has 1 N–H and O–H groups in total. The Morgan fingerprint density at radius 1 is 1.32 bits per heavy atom. The molecule has 0 rings (SSSR count). The van der Waals surface area contributed by atoms with E-state index in [1.54, 1.807) is 14.2 Å². The van der Waals surface area contributed by atoms with Crippen molar-refractivity contribution < 1.29 is 9.47 Å². The molecule has 0 fully saturated rings. The summed E-state index contributed by atoms with van der Waals surface area (Å²) in [5.74, 6) is 0. The molecule has 0 spiro atoms. The molecule has 0 aromatic rings. The molecule has 2 atom stereocenters. The summed E-state index contributed by atoms with van der Waals surface area (Å²) in [7, 11) is 5.27. The number of nitriles is 1. The van der Waals surface area contributed by atoms with E-state index < -0.39 is 5.54 Å². The lowest BCUT2D eigenvalue weighted by molar-refractivity contribution is 0.0732. The number of nitrogens with one attached hydrogen (secondary N) is 1. The molecule has 2 unspecified atom stereocenters. The molecule has 112 valence electrons. The van der Waals surface area contributed by atoms with Gasteiger partial charge in [-0.05, 0) is 40.3 Å². The normalized spacial score (nSPS) is 16.1. The first-order valence-electron chi connectivity index (χ1n) is 6.85. The van der Waals surface area contributed by atoms with Gasteiger partial charge in [-0.15, -0.1) is 0 Å². The minimum Gasteiger partial charge on any atom is -0.383 e. The second kappa shape index (κ2) is 10.2. The first kappa shape index (κ1) is 18.3. The molecule has 0 radical (unpaired) electrons. The van der Waals surface area contributed by atoms with Gasteiger partial charge in [0.15, 0.2) is 0 Å². The van der Waals surface area contributed by atoms with E-state index in [9.17, 15) is 0 Å². The summed E-state index contributed by atoms with van der Waals surface area (Å²) in [5, 5.41) is 12.2. The molecule has 19 heavy (non-hydrogen) atoms. The summed E-state index contributed by atoms with van der Waals surface area (Å²) in [5.41, 5.74) is -0.433. The van der Waals surface area contributed by atoms with Crippen LogP contribution in [0.3, 0.4) is 0 Å². The largest absolute Gasteiger partial charge is 0.383 e. The topological polar surface area (TPSA) is 57.5 Å². The van der Waals surface area contributed by atoms with Gasteiger partial charge < -0.3 is 14.8 Å². The molecular weight excluding hydrogens is 242 g/mol. The number of methoxy groups -OCH3 is 2. The lowest BCUT2D eigenvalue weighted by Crippen LogP contribution is -2.42. The van der Waals surface area contributed by atoms with Gasteiger partial charge in [0.25, 0.3) is 0 Å². The Balaban J connectivity index is 4.22. The van der Waals surface area contributed by atoms with Crippen molar-refractivity contribution >= 4 is 0 Å². The highest BCUT2D eigenvalue weighted by Crippen LogP contribution is 2.12. The van der Waals surface area contributed by atoms with Gasteiger partial charge in [-0.25, -0.2) is 0 Å². The van der Waals surface area contributed by atoms with Crippen molar-refractivity contribution in [1.82, 2.24) is 10.2 Å². The standard InChI is InChI=1S/C14H29N3O2/c1-13(11-19-5)17(9-10-18-4)8-6-7-14(2,12-15)16-3/h13,16H,6-11H2,1-5H3. The smallest absolute Gasteiger partial charge is 0.103 e. The molecule has 0 aliphatic heterocycles. The van der Waals surface area contributed by atoms with E-state index in [2.05, 4.69) is 23.2 Å². The van der Waals surface area contributed by atoms with Gasteiger partial charge in [0.05, 0.1) is 19.3 Å². The van der Waals surface area contributed by atoms with Crippen molar-refractivity contribution in [3.8, 4) is 6.07 Å². The van der Waals surface area contributed by atoms with Crippen LogP contribution in [0.1, 0.15) is 26.7 Å². The zero-order valence-corrected chi connectivity index (χ0v) is 13.0. The predicted octanol–water partition coefficient (Wildman–Crippen LogP) is 1.25. The maximum Gasteiger partial charge on any atom is 0.103 e. The van der Waals surface area contributed by atoms with E-state index >= 15 is 0 Å². The molecule has 0 aliphatic carbocycles. The van der Waals surface area contributed by atoms with Crippen LogP contribution in [-0.2, 0) is 9.47 Å². The average molecular weight is 271 g/mol. The van der Waals surface area contributed by atoms with Crippen LogP contribution in [0.15, 0.2) is 0 Å². The van der Waals surface area contributed by atoms with Crippen molar-refractivity contribution in [2.24, 2.45) is 0 Å². The maximum atomic E-state index is 9.12. The molecule has 0 saturated heterocycles. The van der Waals surface area contributed by atoms with Gasteiger partial charge >= 0.3 is 0 Å². The third kappa shape index (κ3) is 7.48. The van der Waals surface area contributed by atoms with Crippen LogP contribution in [0.2, 0.25) is 0 Å². The van der Waals surface area contributed by atoms with E-state index in [4.69, 9.17) is 14.7 Å². The molecule has 0 bridgehead atoms. The Hall–Kier alpha value is -0.670. The molecule has 0 amide bonds. The van der Waals surface area contributed by atoms with Crippen LogP contribution in [0, 0.1) is 11.3 Å². The predicted molar refractivity (Wildman–Crippen MR) is 77.1 cm³/mol. The van der Waals surface area contributed by atoms with Crippen LogP contribution >= 0.6 is 0 Å². The summed E-state index contributed by atoms with van der Waals surface area (Å²) in [6.07, 6.45) is 1.81. The fraction of sp³-hybridized carbons (Fsp3) is 0.929. The van der Waals surface area contributed by atoms with E-state index in [-0.39, 0.29) is 0 Å². The van der Waals surface area contributed by atoms with E-state index in [0.717, 1.165) is 32.5 Å². The minimum atomic E-state index is -0.433. The van der Waals surface area contributed by atoms with Crippen molar-refractivity contribution in [1.29, 1.82) is 5.26 Å². The Bertz CT molecular complexity index is 268. The van der Waals surface area contributed by atoms with Crippen molar-refractivity contribution in [3.63, 3.8) is 0 Å². The average Bonchev–Trinajstić information content (AvgIpc) is 2.42. The van der Waals surface area contributed by atoms with E-state index in [0.29, 0.717) is 12.6 Å². The highest BCUT2D eigenvalue weighted by Gasteiger charge is 2.21. The van der Waals surface area contributed by atoms with Crippen LogP contribution in [0.5, 0.6) is 0 Å². The molecule has 0 aliphatic rings. The number of ether oxygens (including phenoxy) is 2. The number of rotatable bonds is 11. The van der Waals surface area contributed by atoms with Crippen molar-refractivity contribution in [2.75, 3.05) is 47.6 Å². The SMILES string of the molecule is CNC(C)(C#N)CCCN(CCOC)C(C)COC. The zero-order chi connectivity index (χ0) is 14.7. The summed E-state index contributed by atoms with van der Waals surface area (Å²) >= 11 is 0. The minimum absolute atomic E-state index is 0.364. The second-order valence-corrected chi connectivity index (χ2v) is 5.13. The number of hydrogen-bond acceptors (Lipinski definition) is 5. The third-order valence-electron chi connectivity index (χ3n) is 3.53. The molecule has 5 heteroatoms. The Morgan fingerprint density at radius 3 is 2.47 bits per heavy atom. The quantitative estimate of drug-likeness (QED) is 0.613. The van der Waals surface area contributed by atoms with Gasteiger partial charge in [0.2, 0.25) is 0 Å². The first-order valence-corrected chi connectivity index (χ1v) is 6.85. The molecular formula is C14H29N3O2. The molecule has 0 saturated carbocycles. The maximum absolute atomic E-state index is 9.12. The summed E-state index contributed by atoms with van der Waals surface area (Å²) in [6.45, 7) is 7.36. The summed E-state index contributed by atoms with van der Waals surface area (Å²) in [6, 6.07) is 2.68. The van der Waals surface area contributed by atoms with Gasteiger partial charge in [0.1, 0.15) is 5.54 Å². The van der Waals surface area contributed by atoms with Gasteiger partial charge in [-0.2, -0.15) is 5.26 Å². The van der Waals surface area contributed by atoms with Crippen molar-refractivity contribution in [2.45, 2.75) is 38.3 Å². The number of nitrogens with zero attached hydrogens (tertiary/aromatic N) is 2. The zero-order valence-electron chi connectivity index (χ0n) is 13.0. The van der Waals surface area contributed by atoms with Gasteiger partial charge in [-0.1, -0.05) is 0 Å². The third-order valence-corrected chi connectivity index (χ3v) is 3.53. The van der Waals surface area contributed by atoms with Crippen LogP contribution in [-0.4, -0.2) is 64.1 Å². The van der Waals surface area contributed by atoms with E-state index in [1.807, 2.05) is 14.0 Å². The lowest BCUT2D eigenvalue weighted by Gasteiger charge is -2.29. The van der Waals surface area contributed by atoms with Crippen LogP contribution in [0.4, 0.5) is 0 Å². The van der Waals surface area contributed by atoms with Gasteiger partial charge in [0, 0.05) is 26.8 Å². The number of hydrogen-bond donors (Lipinski definition) is 1. The second-order valence-electron chi connectivity index (χ2n) is 5.13. The highest BCUT2D eigenvalue weighted by atomic mass is 16.5. The van der Waals surface area contributed by atoms with Crippen LogP contribution in [0.25, 0.3) is 0 Å². The summed E-state index contributed by atoms with van der Waals surface area (Å²) in [4.78, 5) is 2.35. The van der Waals surface area contributed by atoms with Crippen LogP contribution < -0.4 is 5.32 Å². The van der Waals surface area contributed by atoms with E-state index in [1.165, 1.54) is 0 Å².